The highest BCUT2D eigenvalue weighted by molar-refractivity contribution is 9.09. The Bertz CT molecular complexity index is 776. The molecule has 0 aromatic carbocycles. The van der Waals surface area contributed by atoms with E-state index in [1.165, 1.54) is 0 Å². The van der Waals surface area contributed by atoms with Gasteiger partial charge in [0, 0.05) is 41.6 Å². The number of rotatable bonds is 18. The molecule has 0 heterocycles. The van der Waals surface area contributed by atoms with Crippen molar-refractivity contribution in [2.45, 2.75) is 85.6 Å². The average Bonchev–Trinajstić information content (AvgIpc) is 2.79. The molecule has 4 N–H and O–H groups in total. The highest BCUT2D eigenvalue weighted by Crippen LogP contribution is 2.22. The standard InChI is InChI=1S/C26H44BrN3O6/c1-17(2)20(15-19(31)11-8-7-9-14-36-24(34)18(3)16-27)23(33)30-21(22(32)26(4,5)6)12-10-13-29-25(28)35/h17,20-21H,3,7-16H2,1-2,4-6H3,(H,30,33)(H3,28,29,35)/t20-,21-/m0/s1. The molecule has 0 radical (unpaired) electrons. The molecule has 9 nitrogen and oxygen atoms in total. The first-order valence-corrected chi connectivity index (χ1v) is 13.6. The number of unbranched alkanes of at least 4 members (excludes halogenated alkanes) is 2. The van der Waals surface area contributed by atoms with Crippen LogP contribution in [0.5, 0.6) is 0 Å². The summed E-state index contributed by atoms with van der Waals surface area (Å²) >= 11 is 3.15. The number of urea groups is 1. The summed E-state index contributed by atoms with van der Waals surface area (Å²) in [5.41, 5.74) is 4.78. The average molecular weight is 575 g/mol. The Hall–Kier alpha value is -2.23. The van der Waals surface area contributed by atoms with Crippen LogP contribution in [-0.2, 0) is 23.9 Å². The molecular weight excluding hydrogens is 530 g/mol. The van der Waals surface area contributed by atoms with Crippen LogP contribution < -0.4 is 16.4 Å². The van der Waals surface area contributed by atoms with Gasteiger partial charge in [-0.2, -0.15) is 0 Å². The van der Waals surface area contributed by atoms with Crippen molar-refractivity contribution in [2.24, 2.45) is 23.0 Å². The number of nitrogens with one attached hydrogen (secondary N) is 2. The van der Waals surface area contributed by atoms with E-state index in [1.54, 1.807) is 20.8 Å². The number of hydrogen-bond donors (Lipinski definition) is 3. The fraction of sp³-hybridized carbons (Fsp3) is 0.731. The lowest BCUT2D eigenvalue weighted by molar-refractivity contribution is -0.139. The van der Waals surface area contributed by atoms with Crippen LogP contribution in [0, 0.1) is 17.3 Å². The smallest absolute Gasteiger partial charge is 0.334 e. The Balaban J connectivity index is 4.81. The van der Waals surface area contributed by atoms with Crippen molar-refractivity contribution in [3.63, 3.8) is 0 Å². The second-order valence-electron chi connectivity index (χ2n) is 10.4. The number of amides is 3. The predicted molar refractivity (Wildman–Crippen MR) is 144 cm³/mol. The van der Waals surface area contributed by atoms with Crippen molar-refractivity contribution in [1.82, 2.24) is 10.6 Å². The van der Waals surface area contributed by atoms with Crippen molar-refractivity contribution in [1.29, 1.82) is 0 Å². The highest BCUT2D eigenvalue weighted by Gasteiger charge is 2.33. The van der Waals surface area contributed by atoms with Gasteiger partial charge in [0.25, 0.3) is 0 Å². The number of hydrogen-bond acceptors (Lipinski definition) is 6. The van der Waals surface area contributed by atoms with E-state index in [0.29, 0.717) is 49.6 Å². The Morgan fingerprint density at radius 1 is 1.03 bits per heavy atom. The van der Waals surface area contributed by atoms with Gasteiger partial charge in [0.05, 0.1) is 12.6 Å². The van der Waals surface area contributed by atoms with Crippen LogP contribution in [0.15, 0.2) is 12.2 Å². The normalized spacial score (nSPS) is 13.0. The molecule has 10 heteroatoms. The molecule has 0 saturated heterocycles. The van der Waals surface area contributed by atoms with Crippen LogP contribution in [0.2, 0.25) is 0 Å². The maximum absolute atomic E-state index is 13.1. The zero-order chi connectivity index (χ0) is 27.9. The summed E-state index contributed by atoms with van der Waals surface area (Å²) in [6, 6.07) is -1.36. The predicted octanol–water partition coefficient (Wildman–Crippen LogP) is 3.82. The van der Waals surface area contributed by atoms with Gasteiger partial charge in [-0.3, -0.25) is 14.4 Å². The molecule has 0 aliphatic carbocycles. The molecule has 206 valence electrons. The minimum Gasteiger partial charge on any atom is -0.462 e. The number of esters is 1. The number of halogens is 1. The van der Waals surface area contributed by atoms with Gasteiger partial charge in [0.1, 0.15) is 5.78 Å². The fourth-order valence-electron chi connectivity index (χ4n) is 3.49. The van der Waals surface area contributed by atoms with Gasteiger partial charge in [-0.05, 0) is 38.0 Å². The first kappa shape index (κ1) is 33.8. The summed E-state index contributed by atoms with van der Waals surface area (Å²) in [5, 5.41) is 5.71. The first-order chi connectivity index (χ1) is 16.7. The van der Waals surface area contributed by atoms with Gasteiger partial charge in [-0.1, -0.05) is 57.1 Å². The second kappa shape index (κ2) is 17.3. The van der Waals surface area contributed by atoms with Crippen molar-refractivity contribution in [3.05, 3.63) is 12.2 Å². The summed E-state index contributed by atoms with van der Waals surface area (Å²) in [7, 11) is 0. The van der Waals surface area contributed by atoms with Crippen LogP contribution in [0.3, 0.4) is 0 Å². The molecule has 0 saturated carbocycles. The van der Waals surface area contributed by atoms with Crippen molar-refractivity contribution in [3.8, 4) is 0 Å². The number of nitrogens with two attached hydrogens (primary N) is 1. The number of alkyl halides is 1. The molecule has 0 aliphatic heterocycles. The van der Waals surface area contributed by atoms with E-state index >= 15 is 0 Å². The second-order valence-corrected chi connectivity index (χ2v) is 10.9. The van der Waals surface area contributed by atoms with Crippen LogP contribution in [0.4, 0.5) is 4.79 Å². The van der Waals surface area contributed by atoms with E-state index in [0.717, 1.165) is 6.42 Å². The van der Waals surface area contributed by atoms with Gasteiger partial charge in [0.15, 0.2) is 5.78 Å². The third kappa shape index (κ3) is 14.4. The lowest BCUT2D eigenvalue weighted by Gasteiger charge is -2.28. The fourth-order valence-corrected chi connectivity index (χ4v) is 3.72. The highest BCUT2D eigenvalue weighted by atomic mass is 79.9. The molecule has 36 heavy (non-hydrogen) atoms. The quantitative estimate of drug-likeness (QED) is 0.0983. The molecule has 0 aromatic rings. The molecule has 0 rings (SSSR count). The van der Waals surface area contributed by atoms with Gasteiger partial charge >= 0.3 is 12.0 Å². The lowest BCUT2D eigenvalue weighted by Crippen LogP contribution is -2.48. The number of primary amides is 1. The molecule has 0 aliphatic rings. The van der Waals surface area contributed by atoms with Crippen molar-refractivity contribution in [2.75, 3.05) is 18.5 Å². The third-order valence-electron chi connectivity index (χ3n) is 5.71. The molecule has 0 fully saturated rings. The van der Waals surface area contributed by atoms with Gasteiger partial charge in [0.2, 0.25) is 5.91 Å². The number of Topliss-reactive ketones (excluding diaryl/α,β-unsaturated/α-hetero) is 2. The SMILES string of the molecule is C=C(CBr)C(=O)OCCCCCC(=O)C[C@H](C(=O)N[C@@H](CCCNC(N)=O)C(=O)C(C)(C)C)C(C)C. The minimum atomic E-state index is -0.716. The number of ether oxygens (including phenoxy) is 1. The Labute approximate surface area is 223 Å². The maximum atomic E-state index is 13.1. The Kier molecular flexibility index (Phi) is 16.2. The molecule has 2 atom stereocenters. The summed E-state index contributed by atoms with van der Waals surface area (Å²) in [6.07, 6.45) is 3.27. The maximum Gasteiger partial charge on any atom is 0.334 e. The van der Waals surface area contributed by atoms with Crippen LogP contribution >= 0.6 is 15.9 Å². The zero-order valence-electron chi connectivity index (χ0n) is 22.4. The summed E-state index contributed by atoms with van der Waals surface area (Å²) in [5.74, 6) is -1.50. The van der Waals surface area contributed by atoms with E-state index in [9.17, 15) is 24.0 Å². The Morgan fingerprint density at radius 2 is 1.67 bits per heavy atom. The first-order valence-electron chi connectivity index (χ1n) is 12.5. The van der Waals surface area contributed by atoms with Gasteiger partial charge in [-0.15, -0.1) is 0 Å². The Morgan fingerprint density at radius 3 is 2.19 bits per heavy atom. The third-order valence-corrected chi connectivity index (χ3v) is 6.39. The number of carbonyl (C=O) groups is 5. The molecule has 0 spiro atoms. The van der Waals surface area contributed by atoms with E-state index in [4.69, 9.17) is 10.5 Å². The zero-order valence-corrected chi connectivity index (χ0v) is 24.0. The van der Waals surface area contributed by atoms with Gasteiger partial charge in [-0.25, -0.2) is 9.59 Å². The summed E-state index contributed by atoms with van der Waals surface area (Å²) < 4.78 is 5.10. The number of carbonyl (C=O) groups excluding carboxylic acids is 5. The largest absolute Gasteiger partial charge is 0.462 e. The van der Waals surface area contributed by atoms with E-state index < -0.39 is 29.4 Å². The molecule has 3 amide bonds. The van der Waals surface area contributed by atoms with Crippen molar-refractivity contribution < 1.29 is 28.7 Å². The molecular formula is C26H44BrN3O6. The van der Waals surface area contributed by atoms with Crippen LogP contribution in [-0.4, -0.2) is 54.0 Å². The van der Waals surface area contributed by atoms with Crippen LogP contribution in [0.1, 0.15) is 79.6 Å². The molecule has 0 bridgehead atoms. The molecule has 0 aromatic heterocycles. The van der Waals surface area contributed by atoms with Crippen molar-refractivity contribution >= 4 is 45.4 Å². The lowest BCUT2D eigenvalue weighted by atomic mass is 9.83. The monoisotopic (exact) mass is 573 g/mol. The van der Waals surface area contributed by atoms with E-state index in [2.05, 4.69) is 33.1 Å². The summed E-state index contributed by atoms with van der Waals surface area (Å²) in [4.78, 5) is 61.1. The summed E-state index contributed by atoms with van der Waals surface area (Å²) in [6.45, 7) is 13.3. The number of ketones is 2. The van der Waals surface area contributed by atoms with Gasteiger partial charge < -0.3 is 21.1 Å². The topological polar surface area (TPSA) is 145 Å². The molecule has 0 unspecified atom stereocenters. The minimum absolute atomic E-state index is 0.0159. The van der Waals surface area contributed by atoms with E-state index in [-0.39, 0.29) is 36.4 Å². The van der Waals surface area contributed by atoms with E-state index in [1.807, 2.05) is 13.8 Å². The van der Waals surface area contributed by atoms with Crippen LogP contribution in [0.25, 0.3) is 0 Å².